The lowest BCUT2D eigenvalue weighted by Crippen LogP contribution is -2.58. The van der Waals surface area contributed by atoms with Crippen molar-refractivity contribution in [1.82, 2.24) is 9.88 Å². The molecule has 2 unspecified atom stereocenters. The van der Waals surface area contributed by atoms with Crippen molar-refractivity contribution < 1.29 is 44.3 Å². The Morgan fingerprint density at radius 2 is 1.71 bits per heavy atom. The maximum Gasteiger partial charge on any atom is 0.433 e. The molecule has 2 atom stereocenters. The standard InChI is InChI=1S/C21H21F6N3O4S/c1-13(20(22,23)24)34-15-7-4-3-6-14(15)19(31)30-11-10-29(12-18(30)35(2,32)33)17-9-5-8-16(28-17)21(25,26)27/h3-9,13,18H,10-12H2,1-2H3. The van der Waals surface area contributed by atoms with E-state index in [2.05, 4.69) is 4.98 Å². The number of sulfone groups is 1. The Hall–Kier alpha value is -3.03. The minimum absolute atomic E-state index is 0.0615. The summed E-state index contributed by atoms with van der Waals surface area (Å²) in [7, 11) is -3.97. The third-order valence-electron chi connectivity index (χ3n) is 5.32. The molecule has 0 saturated carbocycles. The zero-order chi connectivity index (χ0) is 26.2. The zero-order valence-electron chi connectivity index (χ0n) is 18.5. The number of anilines is 1. The molecule has 1 aliphatic heterocycles. The van der Waals surface area contributed by atoms with Crippen molar-refractivity contribution in [2.24, 2.45) is 0 Å². The molecule has 1 fully saturated rings. The van der Waals surface area contributed by atoms with E-state index in [1.165, 1.54) is 29.2 Å². The van der Waals surface area contributed by atoms with Gasteiger partial charge in [-0.1, -0.05) is 18.2 Å². The molecule has 35 heavy (non-hydrogen) atoms. The number of carbonyl (C=O) groups is 1. The average molecular weight is 525 g/mol. The van der Waals surface area contributed by atoms with Crippen LogP contribution in [0.15, 0.2) is 42.5 Å². The van der Waals surface area contributed by atoms with Crippen LogP contribution in [0.4, 0.5) is 32.2 Å². The first-order chi connectivity index (χ1) is 16.1. The summed E-state index contributed by atoms with van der Waals surface area (Å²) >= 11 is 0. The number of alkyl halides is 6. The van der Waals surface area contributed by atoms with Crippen LogP contribution in [0.5, 0.6) is 5.75 Å². The Bertz CT molecular complexity index is 1190. The van der Waals surface area contributed by atoms with Crippen LogP contribution in [0.25, 0.3) is 0 Å². The molecule has 1 aliphatic rings. The number of para-hydroxylation sites is 1. The fourth-order valence-electron chi connectivity index (χ4n) is 3.47. The molecule has 0 N–H and O–H groups in total. The van der Waals surface area contributed by atoms with Crippen LogP contribution in [0.2, 0.25) is 0 Å². The minimum atomic E-state index is -4.71. The second kappa shape index (κ2) is 9.55. The van der Waals surface area contributed by atoms with E-state index in [4.69, 9.17) is 4.74 Å². The van der Waals surface area contributed by atoms with Gasteiger partial charge in [0.05, 0.1) is 12.1 Å². The maximum absolute atomic E-state index is 13.3. The van der Waals surface area contributed by atoms with Crippen molar-refractivity contribution >= 4 is 21.6 Å². The number of piperazine rings is 1. The molecule has 0 spiro atoms. The van der Waals surface area contributed by atoms with Crippen molar-refractivity contribution in [2.75, 3.05) is 30.8 Å². The van der Waals surface area contributed by atoms with Gasteiger partial charge in [-0.05, 0) is 31.2 Å². The fourth-order valence-corrected chi connectivity index (χ4v) is 4.59. The molecule has 192 valence electrons. The predicted molar refractivity (Wildman–Crippen MR) is 114 cm³/mol. The van der Waals surface area contributed by atoms with Crippen LogP contribution in [0.3, 0.4) is 0 Å². The maximum atomic E-state index is 13.3. The highest BCUT2D eigenvalue weighted by Crippen LogP contribution is 2.31. The van der Waals surface area contributed by atoms with Crippen LogP contribution < -0.4 is 9.64 Å². The Labute approximate surface area is 197 Å². The third-order valence-corrected chi connectivity index (χ3v) is 6.71. The van der Waals surface area contributed by atoms with Gasteiger partial charge >= 0.3 is 12.4 Å². The number of rotatable bonds is 5. The van der Waals surface area contributed by atoms with Gasteiger partial charge < -0.3 is 14.5 Å². The molecule has 1 aromatic carbocycles. The number of aromatic nitrogens is 1. The highest BCUT2D eigenvalue weighted by Gasteiger charge is 2.41. The van der Waals surface area contributed by atoms with E-state index in [0.29, 0.717) is 0 Å². The molecule has 0 aliphatic carbocycles. The van der Waals surface area contributed by atoms with Crippen LogP contribution in [0.1, 0.15) is 23.0 Å². The summed E-state index contributed by atoms with van der Waals surface area (Å²) in [4.78, 5) is 19.1. The van der Waals surface area contributed by atoms with Crippen LogP contribution in [-0.4, -0.2) is 67.8 Å². The summed E-state index contributed by atoms with van der Waals surface area (Å²) in [5.74, 6) is -1.39. The van der Waals surface area contributed by atoms with E-state index in [-0.39, 0.29) is 36.8 Å². The Balaban J connectivity index is 1.90. The molecule has 7 nitrogen and oxygen atoms in total. The van der Waals surface area contributed by atoms with Crippen LogP contribution in [0, 0.1) is 0 Å². The van der Waals surface area contributed by atoms with E-state index < -0.39 is 45.3 Å². The number of hydrogen-bond acceptors (Lipinski definition) is 6. The van der Waals surface area contributed by atoms with E-state index in [9.17, 15) is 39.6 Å². The Morgan fingerprint density at radius 3 is 2.31 bits per heavy atom. The number of pyridine rings is 1. The molecule has 1 aromatic heterocycles. The van der Waals surface area contributed by atoms with Gasteiger partial charge in [-0.25, -0.2) is 13.4 Å². The van der Waals surface area contributed by atoms with Gasteiger partial charge in [0.2, 0.25) is 0 Å². The molecule has 1 saturated heterocycles. The second-order valence-electron chi connectivity index (χ2n) is 7.91. The number of benzene rings is 1. The summed E-state index contributed by atoms with van der Waals surface area (Å²) in [5.41, 5.74) is -1.43. The van der Waals surface area contributed by atoms with Gasteiger partial charge in [0, 0.05) is 19.3 Å². The Morgan fingerprint density at radius 1 is 1.06 bits per heavy atom. The molecule has 2 aromatic rings. The second-order valence-corrected chi connectivity index (χ2v) is 10.1. The number of carbonyl (C=O) groups excluding carboxylic acids is 1. The summed E-state index contributed by atoms with van der Waals surface area (Å²) in [5, 5.41) is -1.49. The fraction of sp³-hybridized carbons (Fsp3) is 0.429. The molecule has 0 radical (unpaired) electrons. The molecular weight excluding hydrogens is 504 g/mol. The summed E-state index contributed by atoms with van der Waals surface area (Å²) in [6, 6.07) is 8.31. The highest BCUT2D eigenvalue weighted by molar-refractivity contribution is 7.91. The molecular formula is C21H21F6N3O4S. The van der Waals surface area contributed by atoms with Gasteiger partial charge in [0.25, 0.3) is 5.91 Å². The van der Waals surface area contributed by atoms with Crippen molar-refractivity contribution in [2.45, 2.75) is 30.8 Å². The third kappa shape index (κ3) is 6.16. The van der Waals surface area contributed by atoms with Crippen molar-refractivity contribution in [1.29, 1.82) is 0 Å². The van der Waals surface area contributed by atoms with Gasteiger partial charge in [-0.2, -0.15) is 26.3 Å². The quantitative estimate of drug-likeness (QED) is 0.554. The van der Waals surface area contributed by atoms with Crippen LogP contribution in [-0.2, 0) is 16.0 Å². The summed E-state index contributed by atoms with van der Waals surface area (Å²) in [6.45, 7) is 0.0773. The summed E-state index contributed by atoms with van der Waals surface area (Å²) in [6.07, 6.45) is -10.8. The normalized spacial score (nSPS) is 18.3. The largest absolute Gasteiger partial charge is 0.480 e. The number of ether oxygens (including phenoxy) is 1. The van der Waals surface area contributed by atoms with Crippen molar-refractivity contribution in [3.05, 3.63) is 53.7 Å². The van der Waals surface area contributed by atoms with Gasteiger partial charge in [-0.3, -0.25) is 4.79 Å². The summed E-state index contributed by atoms with van der Waals surface area (Å²) < 4.78 is 108. The van der Waals surface area contributed by atoms with Crippen molar-refractivity contribution in [3.63, 3.8) is 0 Å². The first kappa shape index (κ1) is 26.6. The van der Waals surface area contributed by atoms with Crippen LogP contribution >= 0.6 is 0 Å². The van der Waals surface area contributed by atoms with Gasteiger partial charge in [-0.15, -0.1) is 0 Å². The topological polar surface area (TPSA) is 79.8 Å². The lowest BCUT2D eigenvalue weighted by molar-refractivity contribution is -0.189. The minimum Gasteiger partial charge on any atom is -0.480 e. The molecule has 1 amide bonds. The van der Waals surface area contributed by atoms with Crippen molar-refractivity contribution in [3.8, 4) is 5.75 Å². The molecule has 0 bridgehead atoms. The predicted octanol–water partition coefficient (Wildman–Crippen LogP) is 3.76. The van der Waals surface area contributed by atoms with E-state index in [1.54, 1.807) is 0 Å². The number of amides is 1. The highest BCUT2D eigenvalue weighted by atomic mass is 32.2. The number of hydrogen-bond donors (Lipinski definition) is 0. The lowest BCUT2D eigenvalue weighted by Gasteiger charge is -2.41. The van der Waals surface area contributed by atoms with E-state index in [1.807, 2.05) is 0 Å². The van der Waals surface area contributed by atoms with E-state index >= 15 is 0 Å². The van der Waals surface area contributed by atoms with Gasteiger partial charge in [0.1, 0.15) is 17.3 Å². The molecule has 14 heteroatoms. The smallest absolute Gasteiger partial charge is 0.433 e. The van der Waals surface area contributed by atoms with Gasteiger partial charge in [0.15, 0.2) is 21.3 Å². The zero-order valence-corrected chi connectivity index (χ0v) is 19.3. The first-order valence-corrected chi connectivity index (χ1v) is 12.2. The first-order valence-electron chi connectivity index (χ1n) is 10.2. The Kier molecular flexibility index (Phi) is 7.25. The molecule has 2 heterocycles. The monoisotopic (exact) mass is 525 g/mol. The average Bonchev–Trinajstić information content (AvgIpc) is 2.77. The number of nitrogens with zero attached hydrogens (tertiary/aromatic N) is 3. The molecule has 3 rings (SSSR count). The number of halogens is 6. The lowest BCUT2D eigenvalue weighted by atomic mass is 10.1. The SMILES string of the molecule is CC(Oc1ccccc1C(=O)N1CCN(c2cccc(C(F)(F)F)n2)CC1S(C)(=O)=O)C(F)(F)F. The van der Waals surface area contributed by atoms with E-state index in [0.717, 1.165) is 36.3 Å².